The molecule has 0 saturated heterocycles. The summed E-state index contributed by atoms with van der Waals surface area (Å²) in [6, 6.07) is 67.4. The quantitative estimate of drug-likeness (QED) is 0.174. The number of hydrogen-bond donors (Lipinski definition) is 0. The molecule has 0 atom stereocenters. The predicted octanol–water partition coefficient (Wildman–Crippen LogP) is 14.6. The van der Waals surface area contributed by atoms with Crippen LogP contribution in [0.25, 0.3) is 127 Å². The molecule has 61 heavy (non-hydrogen) atoms. The van der Waals surface area contributed by atoms with Crippen LogP contribution in [0.1, 0.15) is 0 Å². The van der Waals surface area contributed by atoms with E-state index >= 15 is 0 Å². The summed E-state index contributed by atoms with van der Waals surface area (Å²) in [6.07, 6.45) is 0. The van der Waals surface area contributed by atoms with Gasteiger partial charge in [-0.25, -0.2) is 15.0 Å². The highest BCUT2D eigenvalue weighted by atomic mass is 16.3. The highest BCUT2D eigenvalue weighted by Gasteiger charge is 2.24. The molecule has 0 aliphatic heterocycles. The van der Waals surface area contributed by atoms with Gasteiger partial charge in [0, 0.05) is 55.1 Å². The van der Waals surface area contributed by atoms with E-state index in [1.165, 1.54) is 10.8 Å². The lowest BCUT2D eigenvalue weighted by atomic mass is 10.0. The van der Waals surface area contributed by atoms with E-state index in [0.29, 0.717) is 17.5 Å². The van der Waals surface area contributed by atoms with Gasteiger partial charge in [-0.15, -0.1) is 0 Å². The van der Waals surface area contributed by atoms with E-state index in [-0.39, 0.29) is 0 Å². The first kappa shape index (κ1) is 33.6. The van der Waals surface area contributed by atoms with Crippen molar-refractivity contribution in [2.75, 3.05) is 0 Å². The zero-order valence-corrected chi connectivity index (χ0v) is 32.6. The van der Waals surface area contributed by atoms with Gasteiger partial charge in [-0.05, 0) is 64.4 Å². The van der Waals surface area contributed by atoms with Crippen molar-refractivity contribution in [3.8, 4) is 51.0 Å². The van der Waals surface area contributed by atoms with Crippen molar-refractivity contribution in [1.82, 2.24) is 19.5 Å². The van der Waals surface area contributed by atoms with E-state index in [0.717, 1.165) is 99.2 Å². The first-order valence-corrected chi connectivity index (χ1v) is 20.4. The molecular weight excluding hydrogens is 749 g/mol. The van der Waals surface area contributed by atoms with Gasteiger partial charge < -0.3 is 13.4 Å². The Labute approximate surface area is 348 Å². The normalized spacial score (nSPS) is 11.9. The number of benzene rings is 9. The standard InChI is InChI=1S/C55H32N4O2/c1-2-13-33(14-3-1)34-25-27-35(28-26-34)53-56-54(41-20-12-24-50-52(41)40-19-8-11-23-49(40)60-50)58-55(57-53)44-31-43-39-18-7-10-22-48(39)61-51(43)32-47(44)59-45-21-9-6-17-38(45)42-29-36-15-4-5-16-37(36)30-46(42)59/h1-32H. The van der Waals surface area contributed by atoms with E-state index in [2.05, 4.69) is 150 Å². The van der Waals surface area contributed by atoms with Gasteiger partial charge in [-0.3, -0.25) is 0 Å². The lowest BCUT2D eigenvalue weighted by molar-refractivity contribution is 0.668. The summed E-state index contributed by atoms with van der Waals surface area (Å²) >= 11 is 0. The third-order valence-corrected chi connectivity index (χ3v) is 12.0. The lowest BCUT2D eigenvalue weighted by Crippen LogP contribution is -2.04. The van der Waals surface area contributed by atoms with Crippen LogP contribution in [0.15, 0.2) is 203 Å². The van der Waals surface area contributed by atoms with Gasteiger partial charge in [0.2, 0.25) is 0 Å². The molecule has 0 saturated carbocycles. The highest BCUT2D eigenvalue weighted by Crippen LogP contribution is 2.42. The average molecular weight is 781 g/mol. The largest absolute Gasteiger partial charge is 0.456 e. The molecule has 9 aromatic carbocycles. The van der Waals surface area contributed by atoms with Crippen LogP contribution in [-0.2, 0) is 0 Å². The SMILES string of the molecule is c1ccc(-c2ccc(-c3nc(-c4cc5c(cc4-n4c6ccccc6c6cc7ccccc7cc64)oc4ccccc45)nc(-c4cccc5oc6ccccc6c45)n3)cc2)cc1. The Morgan fingerprint density at radius 3 is 1.74 bits per heavy atom. The fourth-order valence-electron chi connectivity index (χ4n) is 9.19. The minimum Gasteiger partial charge on any atom is -0.456 e. The van der Waals surface area contributed by atoms with Crippen LogP contribution in [0, 0.1) is 0 Å². The van der Waals surface area contributed by atoms with Crippen LogP contribution in [0.4, 0.5) is 0 Å². The molecule has 4 heterocycles. The maximum absolute atomic E-state index is 6.61. The van der Waals surface area contributed by atoms with Gasteiger partial charge >= 0.3 is 0 Å². The molecule has 4 aromatic heterocycles. The summed E-state index contributed by atoms with van der Waals surface area (Å²) in [5.74, 6) is 1.67. The molecule has 0 spiro atoms. The van der Waals surface area contributed by atoms with Crippen molar-refractivity contribution in [2.24, 2.45) is 0 Å². The molecule has 0 unspecified atom stereocenters. The first-order valence-electron chi connectivity index (χ1n) is 20.4. The second-order valence-corrected chi connectivity index (χ2v) is 15.6. The monoisotopic (exact) mass is 780 g/mol. The summed E-state index contributed by atoms with van der Waals surface area (Å²) < 4.78 is 15.3. The Bertz CT molecular complexity index is 3880. The summed E-state index contributed by atoms with van der Waals surface area (Å²) in [5.41, 5.74) is 11.1. The van der Waals surface area contributed by atoms with Crippen LogP contribution in [0.3, 0.4) is 0 Å². The van der Waals surface area contributed by atoms with Crippen LogP contribution >= 0.6 is 0 Å². The maximum Gasteiger partial charge on any atom is 0.166 e. The van der Waals surface area contributed by atoms with Crippen LogP contribution < -0.4 is 0 Å². The molecule has 13 rings (SSSR count). The fraction of sp³-hybridized carbons (Fsp3) is 0. The molecule has 0 N–H and O–H groups in total. The molecule has 0 radical (unpaired) electrons. The van der Waals surface area contributed by atoms with Crippen molar-refractivity contribution in [2.45, 2.75) is 0 Å². The highest BCUT2D eigenvalue weighted by molar-refractivity contribution is 6.15. The predicted molar refractivity (Wildman–Crippen MR) is 248 cm³/mol. The Balaban J connectivity index is 1.13. The average Bonchev–Trinajstić information content (AvgIpc) is 3.99. The van der Waals surface area contributed by atoms with Gasteiger partial charge in [0.25, 0.3) is 0 Å². The van der Waals surface area contributed by atoms with Gasteiger partial charge in [-0.2, -0.15) is 0 Å². The first-order chi connectivity index (χ1) is 30.2. The zero-order valence-electron chi connectivity index (χ0n) is 32.6. The van der Waals surface area contributed by atoms with Crippen molar-refractivity contribution in [3.05, 3.63) is 194 Å². The smallest absolute Gasteiger partial charge is 0.166 e. The maximum atomic E-state index is 6.61. The number of fused-ring (bicyclic) bond motifs is 10. The summed E-state index contributed by atoms with van der Waals surface area (Å²) in [7, 11) is 0. The van der Waals surface area contributed by atoms with Gasteiger partial charge in [0.15, 0.2) is 17.5 Å². The molecule has 0 aliphatic carbocycles. The van der Waals surface area contributed by atoms with E-state index in [1.807, 2.05) is 48.5 Å². The molecule has 0 amide bonds. The second kappa shape index (κ2) is 13.1. The Morgan fingerprint density at radius 2 is 0.918 bits per heavy atom. The Morgan fingerprint density at radius 1 is 0.328 bits per heavy atom. The van der Waals surface area contributed by atoms with Crippen molar-refractivity contribution < 1.29 is 8.83 Å². The molecule has 284 valence electrons. The molecular formula is C55H32N4O2. The zero-order chi connectivity index (χ0) is 40.0. The number of furan rings is 2. The molecule has 0 fully saturated rings. The van der Waals surface area contributed by atoms with Crippen molar-refractivity contribution >= 4 is 76.5 Å². The molecule has 13 aromatic rings. The number of aromatic nitrogens is 4. The van der Waals surface area contributed by atoms with Crippen LogP contribution in [0.2, 0.25) is 0 Å². The van der Waals surface area contributed by atoms with Crippen molar-refractivity contribution in [1.29, 1.82) is 0 Å². The minimum absolute atomic E-state index is 0.547. The number of rotatable bonds is 5. The third kappa shape index (κ3) is 5.26. The number of para-hydroxylation sites is 3. The number of nitrogens with zero attached hydrogens (tertiary/aromatic N) is 4. The fourth-order valence-corrected chi connectivity index (χ4v) is 9.19. The van der Waals surface area contributed by atoms with Crippen LogP contribution in [-0.4, -0.2) is 19.5 Å². The Hall–Kier alpha value is -8.35. The summed E-state index contributed by atoms with van der Waals surface area (Å²) in [4.78, 5) is 16.1. The molecule has 0 bridgehead atoms. The molecule has 6 heteroatoms. The topological polar surface area (TPSA) is 69.9 Å². The van der Waals surface area contributed by atoms with E-state index in [9.17, 15) is 0 Å². The Kier molecular flexibility index (Phi) is 7.21. The van der Waals surface area contributed by atoms with E-state index < -0.39 is 0 Å². The van der Waals surface area contributed by atoms with E-state index in [4.69, 9.17) is 23.8 Å². The third-order valence-electron chi connectivity index (χ3n) is 12.0. The number of hydrogen-bond acceptors (Lipinski definition) is 5. The van der Waals surface area contributed by atoms with Gasteiger partial charge in [0.05, 0.1) is 16.7 Å². The minimum atomic E-state index is 0.547. The van der Waals surface area contributed by atoms with Gasteiger partial charge in [-0.1, -0.05) is 146 Å². The van der Waals surface area contributed by atoms with Gasteiger partial charge in [0.1, 0.15) is 22.3 Å². The van der Waals surface area contributed by atoms with Crippen LogP contribution in [0.5, 0.6) is 0 Å². The second-order valence-electron chi connectivity index (χ2n) is 15.6. The molecule has 0 aliphatic rings. The summed E-state index contributed by atoms with van der Waals surface area (Å²) in [5, 5.41) is 8.66. The lowest BCUT2D eigenvalue weighted by Gasteiger charge is -2.15. The van der Waals surface area contributed by atoms with E-state index in [1.54, 1.807) is 0 Å². The summed E-state index contributed by atoms with van der Waals surface area (Å²) in [6.45, 7) is 0. The van der Waals surface area contributed by atoms with Crippen molar-refractivity contribution in [3.63, 3.8) is 0 Å². The molecule has 6 nitrogen and oxygen atoms in total.